The quantitative estimate of drug-likeness (QED) is 0.856. The van der Waals surface area contributed by atoms with Crippen LogP contribution in [0.2, 0.25) is 0 Å². The molecule has 2 saturated heterocycles. The minimum atomic E-state index is 0.132. The zero-order valence-corrected chi connectivity index (χ0v) is 13.0. The summed E-state index contributed by atoms with van der Waals surface area (Å²) < 4.78 is 5.33. The van der Waals surface area contributed by atoms with Crippen LogP contribution in [0.25, 0.3) is 0 Å². The number of nitrogens with two attached hydrogens (primary N) is 1. The highest BCUT2D eigenvalue weighted by Gasteiger charge is 2.29. The Morgan fingerprint density at radius 2 is 2.09 bits per heavy atom. The molecule has 2 N–H and O–H groups in total. The normalized spacial score (nSPS) is 23.5. The van der Waals surface area contributed by atoms with Crippen LogP contribution in [0.4, 0.5) is 5.69 Å². The van der Waals surface area contributed by atoms with Gasteiger partial charge in [0.1, 0.15) is 0 Å². The molecule has 5 nitrogen and oxygen atoms in total. The van der Waals surface area contributed by atoms with Gasteiger partial charge >= 0.3 is 0 Å². The molecule has 3 rings (SSSR count). The number of carbonyl (C=O) groups excluding carboxylic acids is 1. The molecule has 0 aliphatic carbocycles. The number of likely N-dealkylation sites (tertiary alicyclic amines) is 1. The Hall–Kier alpha value is -1.59. The molecule has 0 spiro atoms. The summed E-state index contributed by atoms with van der Waals surface area (Å²) in [5.74, 6) is 0.438. The van der Waals surface area contributed by atoms with Crippen LogP contribution in [-0.2, 0) is 16.1 Å². The van der Waals surface area contributed by atoms with Gasteiger partial charge in [0.15, 0.2) is 0 Å². The average molecular weight is 303 g/mol. The van der Waals surface area contributed by atoms with Crippen LogP contribution < -0.4 is 5.73 Å². The van der Waals surface area contributed by atoms with Gasteiger partial charge in [-0.15, -0.1) is 0 Å². The average Bonchev–Trinajstić information content (AvgIpc) is 2.55. The van der Waals surface area contributed by atoms with E-state index in [1.807, 2.05) is 23.1 Å². The lowest BCUT2D eigenvalue weighted by atomic mass is 9.96. The molecule has 0 bridgehead atoms. The number of hydrogen-bond acceptors (Lipinski definition) is 4. The molecule has 1 atom stereocenters. The third-order valence-corrected chi connectivity index (χ3v) is 4.53. The summed E-state index contributed by atoms with van der Waals surface area (Å²) in [5, 5.41) is 0. The number of amides is 1. The Morgan fingerprint density at radius 3 is 2.86 bits per heavy atom. The van der Waals surface area contributed by atoms with E-state index in [-0.39, 0.29) is 5.92 Å². The van der Waals surface area contributed by atoms with Crippen LogP contribution in [0.5, 0.6) is 0 Å². The summed E-state index contributed by atoms with van der Waals surface area (Å²) >= 11 is 0. The first-order valence-corrected chi connectivity index (χ1v) is 8.15. The number of hydrogen-bond donors (Lipinski definition) is 1. The Labute approximate surface area is 132 Å². The molecule has 0 saturated carbocycles. The first-order valence-electron chi connectivity index (χ1n) is 8.15. The molecule has 2 fully saturated rings. The SMILES string of the molecule is Nc1cccc(CN2CCCC(C(=O)N3CCOCC3)C2)c1. The third kappa shape index (κ3) is 3.78. The molecule has 2 aliphatic rings. The van der Waals surface area contributed by atoms with Gasteiger partial charge in [0.25, 0.3) is 0 Å². The molecule has 1 amide bonds. The van der Waals surface area contributed by atoms with Gasteiger partial charge < -0.3 is 15.4 Å². The van der Waals surface area contributed by atoms with Crippen LogP contribution >= 0.6 is 0 Å². The van der Waals surface area contributed by atoms with Gasteiger partial charge in [-0.25, -0.2) is 0 Å². The molecule has 0 aromatic heterocycles. The van der Waals surface area contributed by atoms with E-state index >= 15 is 0 Å². The van der Waals surface area contributed by atoms with Crippen molar-refractivity contribution < 1.29 is 9.53 Å². The fraction of sp³-hybridized carbons (Fsp3) is 0.588. The fourth-order valence-corrected chi connectivity index (χ4v) is 3.39. The van der Waals surface area contributed by atoms with Crippen LogP contribution in [0.3, 0.4) is 0 Å². The van der Waals surface area contributed by atoms with E-state index in [2.05, 4.69) is 11.0 Å². The van der Waals surface area contributed by atoms with Crippen LogP contribution in [0, 0.1) is 5.92 Å². The van der Waals surface area contributed by atoms with E-state index in [1.54, 1.807) is 0 Å². The number of ether oxygens (including phenoxy) is 1. The zero-order valence-electron chi connectivity index (χ0n) is 13.0. The lowest BCUT2D eigenvalue weighted by molar-refractivity contribution is -0.141. The van der Waals surface area contributed by atoms with Crippen LogP contribution in [-0.4, -0.2) is 55.1 Å². The van der Waals surface area contributed by atoms with Gasteiger partial charge in [-0.1, -0.05) is 12.1 Å². The van der Waals surface area contributed by atoms with E-state index in [0.29, 0.717) is 19.1 Å². The molecular formula is C17H25N3O2. The second-order valence-corrected chi connectivity index (χ2v) is 6.26. The van der Waals surface area contributed by atoms with Crippen molar-refractivity contribution in [3.8, 4) is 0 Å². The van der Waals surface area contributed by atoms with E-state index in [1.165, 1.54) is 5.56 Å². The van der Waals surface area contributed by atoms with Crippen molar-refractivity contribution in [2.75, 3.05) is 45.1 Å². The smallest absolute Gasteiger partial charge is 0.227 e. The van der Waals surface area contributed by atoms with Gasteiger partial charge in [0.2, 0.25) is 5.91 Å². The van der Waals surface area contributed by atoms with Gasteiger partial charge in [-0.05, 0) is 37.1 Å². The summed E-state index contributed by atoms with van der Waals surface area (Å²) in [6.07, 6.45) is 2.09. The first kappa shape index (κ1) is 15.3. The van der Waals surface area contributed by atoms with Crippen molar-refractivity contribution in [1.82, 2.24) is 9.80 Å². The highest BCUT2D eigenvalue weighted by molar-refractivity contribution is 5.79. The molecule has 1 unspecified atom stereocenters. The van der Waals surface area contributed by atoms with E-state index in [0.717, 1.165) is 51.3 Å². The maximum atomic E-state index is 12.6. The maximum absolute atomic E-state index is 12.6. The minimum Gasteiger partial charge on any atom is -0.399 e. The minimum absolute atomic E-state index is 0.132. The summed E-state index contributed by atoms with van der Waals surface area (Å²) in [6.45, 7) is 5.61. The zero-order chi connectivity index (χ0) is 15.4. The summed E-state index contributed by atoms with van der Waals surface area (Å²) in [5.41, 5.74) is 7.87. The van der Waals surface area contributed by atoms with Crippen molar-refractivity contribution in [2.24, 2.45) is 5.92 Å². The number of piperidine rings is 1. The summed E-state index contributed by atoms with van der Waals surface area (Å²) in [6, 6.07) is 8.02. The highest BCUT2D eigenvalue weighted by Crippen LogP contribution is 2.21. The number of morpholine rings is 1. The Morgan fingerprint density at radius 1 is 1.27 bits per heavy atom. The Kier molecular flexibility index (Phi) is 4.95. The van der Waals surface area contributed by atoms with Crippen molar-refractivity contribution >= 4 is 11.6 Å². The lowest BCUT2D eigenvalue weighted by Gasteiger charge is -2.36. The standard InChI is InChI=1S/C17H25N3O2/c18-16-5-1-3-14(11-16)12-19-6-2-4-15(13-19)17(21)20-7-9-22-10-8-20/h1,3,5,11,15H,2,4,6-10,12-13,18H2. The number of benzene rings is 1. The second-order valence-electron chi connectivity index (χ2n) is 6.26. The fourth-order valence-electron chi connectivity index (χ4n) is 3.39. The van der Waals surface area contributed by atoms with Gasteiger partial charge in [-0.3, -0.25) is 9.69 Å². The van der Waals surface area contributed by atoms with E-state index in [9.17, 15) is 4.79 Å². The summed E-state index contributed by atoms with van der Waals surface area (Å²) in [4.78, 5) is 17.0. The van der Waals surface area contributed by atoms with E-state index in [4.69, 9.17) is 10.5 Å². The van der Waals surface area contributed by atoms with E-state index < -0.39 is 0 Å². The number of nitrogen functional groups attached to an aromatic ring is 1. The summed E-state index contributed by atoms with van der Waals surface area (Å²) in [7, 11) is 0. The van der Waals surface area contributed by atoms with Gasteiger partial charge in [0.05, 0.1) is 19.1 Å². The van der Waals surface area contributed by atoms with Crippen LogP contribution in [0.15, 0.2) is 24.3 Å². The molecule has 1 aromatic carbocycles. The van der Waals surface area contributed by atoms with Crippen molar-refractivity contribution in [2.45, 2.75) is 19.4 Å². The van der Waals surface area contributed by atoms with Crippen molar-refractivity contribution in [3.05, 3.63) is 29.8 Å². The third-order valence-electron chi connectivity index (χ3n) is 4.53. The molecule has 2 aliphatic heterocycles. The maximum Gasteiger partial charge on any atom is 0.227 e. The second kappa shape index (κ2) is 7.11. The predicted octanol–water partition coefficient (Wildman–Crippen LogP) is 1.34. The number of anilines is 1. The predicted molar refractivity (Wildman–Crippen MR) is 86.3 cm³/mol. The molecule has 1 aromatic rings. The Balaban J connectivity index is 1.57. The molecule has 0 radical (unpaired) electrons. The molecule has 2 heterocycles. The topological polar surface area (TPSA) is 58.8 Å². The van der Waals surface area contributed by atoms with Gasteiger partial charge in [0, 0.05) is 31.9 Å². The lowest BCUT2D eigenvalue weighted by Crippen LogP contribution is -2.48. The molecular weight excluding hydrogens is 278 g/mol. The van der Waals surface area contributed by atoms with Gasteiger partial charge in [-0.2, -0.15) is 0 Å². The Bertz CT molecular complexity index is 514. The van der Waals surface area contributed by atoms with Crippen molar-refractivity contribution in [3.63, 3.8) is 0 Å². The molecule has 22 heavy (non-hydrogen) atoms. The largest absolute Gasteiger partial charge is 0.399 e. The monoisotopic (exact) mass is 303 g/mol. The number of nitrogens with zero attached hydrogens (tertiary/aromatic N) is 2. The number of carbonyl (C=O) groups is 1. The molecule has 5 heteroatoms. The van der Waals surface area contributed by atoms with Crippen LogP contribution in [0.1, 0.15) is 18.4 Å². The first-order chi connectivity index (χ1) is 10.7. The molecule has 120 valence electrons. The highest BCUT2D eigenvalue weighted by atomic mass is 16.5. The number of rotatable bonds is 3. The van der Waals surface area contributed by atoms with Crippen molar-refractivity contribution in [1.29, 1.82) is 0 Å².